The first-order chi connectivity index (χ1) is 16.2. The lowest BCUT2D eigenvalue weighted by Crippen LogP contribution is -2.25. The molecule has 33 heavy (non-hydrogen) atoms. The van der Waals surface area contributed by atoms with Gasteiger partial charge in [-0.15, -0.1) is 0 Å². The molecule has 0 radical (unpaired) electrons. The Morgan fingerprint density at radius 3 is 1.55 bits per heavy atom. The molecule has 0 bridgehead atoms. The Bertz CT molecular complexity index is 1530. The molecular weight excluding hydrogens is 532 g/mol. The molecule has 5 aromatic carbocycles. The highest BCUT2D eigenvalue weighted by Gasteiger charge is 2.51. The molecule has 0 saturated heterocycles. The fourth-order valence-corrected chi connectivity index (χ4v) is 6.56. The van der Waals surface area contributed by atoms with Gasteiger partial charge in [-0.25, -0.2) is 0 Å². The predicted molar refractivity (Wildman–Crippen MR) is 144 cm³/mol. The van der Waals surface area contributed by atoms with E-state index in [1.165, 1.54) is 55.6 Å². The molecule has 7 rings (SSSR count). The second kappa shape index (κ2) is 7.03. The van der Waals surface area contributed by atoms with Crippen LogP contribution in [0.5, 0.6) is 0 Å². The number of halogens is 2. The van der Waals surface area contributed by atoms with E-state index in [1.807, 2.05) is 0 Å². The van der Waals surface area contributed by atoms with E-state index >= 15 is 0 Å². The standard InChI is InChI=1S/C31H18Br2/c32-21-12-9-19(10-13-21)20-11-15-25-26-16-14-22(33)18-30(26)31(29(25)17-20)27-7-3-1-5-23(27)24-6-2-4-8-28(24)31/h1-18H. The molecule has 0 aromatic heterocycles. The minimum absolute atomic E-state index is 0.312. The van der Waals surface area contributed by atoms with Gasteiger partial charge in [-0.3, -0.25) is 0 Å². The van der Waals surface area contributed by atoms with Crippen LogP contribution >= 0.6 is 31.9 Å². The minimum Gasteiger partial charge on any atom is -0.0619 e. The summed E-state index contributed by atoms with van der Waals surface area (Å²) in [5, 5.41) is 0. The quantitative estimate of drug-likeness (QED) is 0.191. The molecule has 0 atom stereocenters. The second-order valence-corrected chi connectivity index (χ2v) is 10.6. The van der Waals surface area contributed by atoms with E-state index < -0.39 is 0 Å². The molecule has 5 aromatic rings. The normalized spacial score (nSPS) is 14.0. The van der Waals surface area contributed by atoms with Crippen molar-refractivity contribution in [2.45, 2.75) is 5.41 Å². The van der Waals surface area contributed by atoms with Crippen LogP contribution in [0.3, 0.4) is 0 Å². The molecule has 2 aliphatic carbocycles. The third-order valence-electron chi connectivity index (χ3n) is 7.23. The summed E-state index contributed by atoms with van der Waals surface area (Å²) < 4.78 is 2.21. The van der Waals surface area contributed by atoms with Crippen LogP contribution in [-0.4, -0.2) is 0 Å². The van der Waals surface area contributed by atoms with Crippen molar-refractivity contribution < 1.29 is 0 Å². The van der Waals surface area contributed by atoms with Gasteiger partial charge in [0.2, 0.25) is 0 Å². The van der Waals surface area contributed by atoms with E-state index in [1.54, 1.807) is 0 Å². The molecule has 0 nitrogen and oxygen atoms in total. The summed E-state index contributed by atoms with van der Waals surface area (Å²) >= 11 is 7.35. The Morgan fingerprint density at radius 1 is 0.394 bits per heavy atom. The average Bonchev–Trinajstić information content (AvgIpc) is 3.31. The largest absolute Gasteiger partial charge is 0.0726 e. The van der Waals surface area contributed by atoms with Gasteiger partial charge in [0.1, 0.15) is 0 Å². The zero-order chi connectivity index (χ0) is 22.2. The maximum atomic E-state index is 3.77. The summed E-state index contributed by atoms with van der Waals surface area (Å²) in [6, 6.07) is 40.2. The predicted octanol–water partition coefficient (Wildman–Crippen LogP) is 9.22. The van der Waals surface area contributed by atoms with Crippen molar-refractivity contribution in [1.29, 1.82) is 0 Å². The van der Waals surface area contributed by atoms with Crippen molar-refractivity contribution in [2.75, 3.05) is 0 Å². The van der Waals surface area contributed by atoms with E-state index in [0.29, 0.717) is 0 Å². The van der Waals surface area contributed by atoms with Crippen molar-refractivity contribution in [3.05, 3.63) is 140 Å². The molecule has 2 aliphatic rings. The van der Waals surface area contributed by atoms with Gasteiger partial charge in [-0.05, 0) is 86.0 Å². The van der Waals surface area contributed by atoms with E-state index in [0.717, 1.165) is 8.95 Å². The Morgan fingerprint density at radius 2 is 0.879 bits per heavy atom. The van der Waals surface area contributed by atoms with Crippen LogP contribution in [0.25, 0.3) is 33.4 Å². The fourth-order valence-electron chi connectivity index (χ4n) is 5.93. The van der Waals surface area contributed by atoms with Crippen LogP contribution in [0, 0.1) is 0 Å². The molecule has 0 saturated carbocycles. The summed E-state index contributed by atoms with van der Waals surface area (Å²) in [4.78, 5) is 0. The molecule has 0 N–H and O–H groups in total. The van der Waals surface area contributed by atoms with Gasteiger partial charge in [-0.1, -0.05) is 111 Å². The van der Waals surface area contributed by atoms with Gasteiger partial charge in [0.15, 0.2) is 0 Å². The van der Waals surface area contributed by atoms with Crippen molar-refractivity contribution in [3.8, 4) is 33.4 Å². The third-order valence-corrected chi connectivity index (χ3v) is 8.25. The van der Waals surface area contributed by atoms with Crippen LogP contribution in [0.15, 0.2) is 118 Å². The molecule has 0 aliphatic heterocycles. The van der Waals surface area contributed by atoms with E-state index in [4.69, 9.17) is 0 Å². The number of rotatable bonds is 1. The van der Waals surface area contributed by atoms with Gasteiger partial charge in [0, 0.05) is 8.95 Å². The monoisotopic (exact) mass is 548 g/mol. The summed E-state index contributed by atoms with van der Waals surface area (Å²) in [6.45, 7) is 0. The molecule has 1 spiro atoms. The number of hydrogen-bond donors (Lipinski definition) is 0. The molecule has 0 unspecified atom stereocenters. The molecule has 0 fully saturated rings. The first-order valence-corrected chi connectivity index (χ1v) is 12.7. The highest BCUT2D eigenvalue weighted by Crippen LogP contribution is 2.63. The second-order valence-electron chi connectivity index (χ2n) is 8.80. The first kappa shape index (κ1) is 19.5. The Labute approximate surface area is 210 Å². The van der Waals surface area contributed by atoms with Crippen LogP contribution in [0.2, 0.25) is 0 Å². The van der Waals surface area contributed by atoms with Crippen molar-refractivity contribution in [2.24, 2.45) is 0 Å². The average molecular weight is 550 g/mol. The number of fused-ring (bicyclic) bond motifs is 10. The molecule has 156 valence electrons. The van der Waals surface area contributed by atoms with E-state index in [-0.39, 0.29) is 5.41 Å². The van der Waals surface area contributed by atoms with Gasteiger partial charge in [0.25, 0.3) is 0 Å². The van der Waals surface area contributed by atoms with Crippen molar-refractivity contribution in [3.63, 3.8) is 0 Å². The van der Waals surface area contributed by atoms with Gasteiger partial charge < -0.3 is 0 Å². The SMILES string of the molecule is Brc1ccc(-c2ccc3c(c2)C2(c4ccccc4-c4ccccc42)c2cc(Br)ccc2-3)cc1. The van der Waals surface area contributed by atoms with E-state index in [2.05, 4.69) is 141 Å². The Hall–Kier alpha value is -2.94. The Balaban J connectivity index is 1.62. The lowest BCUT2D eigenvalue weighted by molar-refractivity contribution is 0.793. The first-order valence-electron chi connectivity index (χ1n) is 11.1. The lowest BCUT2D eigenvalue weighted by atomic mass is 9.70. The van der Waals surface area contributed by atoms with Gasteiger partial charge in [0.05, 0.1) is 5.41 Å². The van der Waals surface area contributed by atoms with Crippen LogP contribution in [0.1, 0.15) is 22.3 Å². The van der Waals surface area contributed by atoms with Crippen LogP contribution in [-0.2, 0) is 5.41 Å². The smallest absolute Gasteiger partial charge is 0.0619 e. The minimum atomic E-state index is -0.312. The molecule has 0 amide bonds. The maximum Gasteiger partial charge on any atom is 0.0726 e. The topological polar surface area (TPSA) is 0 Å². The zero-order valence-corrected chi connectivity index (χ0v) is 20.8. The Kier molecular flexibility index (Phi) is 4.16. The number of benzene rings is 5. The zero-order valence-electron chi connectivity index (χ0n) is 17.6. The summed E-state index contributed by atoms with van der Waals surface area (Å²) in [6.07, 6.45) is 0. The van der Waals surface area contributed by atoms with Crippen molar-refractivity contribution in [1.82, 2.24) is 0 Å². The third kappa shape index (κ3) is 2.57. The maximum absolute atomic E-state index is 3.77. The van der Waals surface area contributed by atoms with E-state index in [9.17, 15) is 0 Å². The van der Waals surface area contributed by atoms with Crippen molar-refractivity contribution >= 4 is 31.9 Å². The molecular formula is C31H18Br2. The summed E-state index contributed by atoms with van der Waals surface area (Å²) in [7, 11) is 0. The summed E-state index contributed by atoms with van der Waals surface area (Å²) in [5.74, 6) is 0. The fraction of sp³-hybridized carbons (Fsp3) is 0.0323. The van der Waals surface area contributed by atoms with Crippen LogP contribution in [0.4, 0.5) is 0 Å². The summed E-state index contributed by atoms with van der Waals surface area (Å²) in [5.41, 5.74) is 12.9. The highest BCUT2D eigenvalue weighted by molar-refractivity contribution is 9.10. The highest BCUT2D eigenvalue weighted by atomic mass is 79.9. The van der Waals surface area contributed by atoms with Gasteiger partial charge in [-0.2, -0.15) is 0 Å². The van der Waals surface area contributed by atoms with Gasteiger partial charge >= 0.3 is 0 Å². The lowest BCUT2D eigenvalue weighted by Gasteiger charge is -2.30. The number of hydrogen-bond acceptors (Lipinski definition) is 0. The van der Waals surface area contributed by atoms with Crippen LogP contribution < -0.4 is 0 Å². The molecule has 2 heteroatoms. The molecule has 0 heterocycles.